The maximum atomic E-state index is 8.52. The fourth-order valence-electron chi connectivity index (χ4n) is 0. The van der Waals surface area contributed by atoms with Crippen molar-refractivity contribution in [3.8, 4) is 0 Å². The Kier molecular flexibility index (Phi) is 889. The van der Waals surface area contributed by atoms with E-state index in [1.165, 1.54) is 0 Å². The minimum absolute atomic E-state index is 0. The van der Waals surface area contributed by atoms with Crippen LogP contribution in [0.15, 0.2) is 0 Å². The Morgan fingerprint density at radius 1 is 0.346 bits per heavy atom. The van der Waals surface area contributed by atoms with Gasteiger partial charge < -0.3 is 94.9 Å². The summed E-state index contributed by atoms with van der Waals surface area (Å²) in [4.78, 5) is 0. The predicted molar refractivity (Wildman–Crippen MR) is 77.3 cm³/mol. The zero-order chi connectivity index (χ0) is 9.00. The van der Waals surface area contributed by atoms with E-state index in [1.54, 1.807) is 0 Å². The first-order chi connectivity index (χ1) is 4.00. The zero-order valence-electron chi connectivity index (χ0n) is 12.5. The summed E-state index contributed by atoms with van der Waals surface area (Å²) in [5.74, 6) is 0. The van der Waals surface area contributed by atoms with Crippen LogP contribution in [-0.2, 0) is 40.3 Å². The molecule has 22 nitrogen and oxygen atoms in total. The Hall–Kier alpha value is 0.570. The quantitative estimate of drug-likeness (QED) is 0.163. The van der Waals surface area contributed by atoms with Gasteiger partial charge in [0.1, 0.15) is 0 Å². The van der Waals surface area contributed by atoms with Crippen LogP contribution in [0.25, 0.3) is 0 Å². The van der Waals surface area contributed by atoms with Gasteiger partial charge in [0.05, 0.1) is 0 Å². The second-order valence-electron chi connectivity index (χ2n) is 0.816. The van der Waals surface area contributed by atoms with E-state index in [4.69, 9.17) is 35.0 Å². The summed E-state index contributed by atoms with van der Waals surface area (Å²) < 4.78 is 68.2. The molecule has 0 radical (unpaired) electrons. The molecule has 26 heavy (non-hydrogen) atoms. The predicted octanol–water partition coefficient (Wildman–Crippen LogP) is -14.6. The average Bonchev–Trinajstić information content (AvgIpc) is 1.12. The molecule has 28 N–H and O–H groups in total. The molecule has 0 spiro atoms. The van der Waals surface area contributed by atoms with Gasteiger partial charge >= 0.3 is 42.5 Å². The molecule has 0 fully saturated rings. The van der Waals surface area contributed by atoms with E-state index in [2.05, 4.69) is 0 Å². The van der Waals surface area contributed by atoms with Crippen molar-refractivity contribution < 1.29 is 131 Å². The molecule has 0 saturated heterocycles. The molecule has 0 atom stereocenters. The van der Waals surface area contributed by atoms with Crippen molar-refractivity contribution >= 4 is 43.9 Å². The monoisotopic (exact) mass is 532 g/mol. The van der Waals surface area contributed by atoms with Gasteiger partial charge in [-0.1, -0.05) is 0 Å². The van der Waals surface area contributed by atoms with Crippen LogP contribution < -0.4 is 0 Å². The average molecular weight is 534 g/mol. The van der Waals surface area contributed by atoms with Gasteiger partial charge in [0.2, 0.25) is 0 Å². The molecule has 0 bridgehead atoms. The van der Waals surface area contributed by atoms with Gasteiger partial charge in [0.25, 0.3) is 0 Å². The van der Waals surface area contributed by atoms with Gasteiger partial charge in [-0.05, 0) is 0 Å². The van der Waals surface area contributed by atoms with Crippen molar-refractivity contribution in [3.05, 3.63) is 0 Å². The van der Waals surface area contributed by atoms with Crippen molar-refractivity contribution in [2.45, 2.75) is 0 Å². The molecule has 0 aliphatic heterocycles. The second-order valence-corrected chi connectivity index (χ2v) is 2.45. The van der Waals surface area contributed by atoms with Crippen molar-refractivity contribution in [3.63, 3.8) is 0 Å². The first kappa shape index (κ1) is 237. The maximum absolute atomic E-state index is 8.52. The molecule has 0 aromatic carbocycles. The first-order valence-corrected chi connectivity index (χ1v) is 4.00. The first-order valence-electron chi connectivity index (χ1n) is 1.33. The van der Waals surface area contributed by atoms with Crippen molar-refractivity contribution in [1.29, 1.82) is 0 Å². The van der Waals surface area contributed by atoms with Gasteiger partial charge in [-0.25, -0.2) is 0 Å². The Balaban J connectivity index is -0.00000000190. The van der Waals surface area contributed by atoms with Crippen LogP contribution >= 0.6 is 0 Å². The minimum atomic E-state index is -5.17. The van der Waals surface area contributed by atoms with Gasteiger partial charge in [-0.2, -0.15) is 0 Å². The van der Waals surface area contributed by atoms with Crippen LogP contribution in [0.3, 0.4) is 0 Å². The fraction of sp³-hybridized carbons (Fsp3) is 0. The molecule has 0 aliphatic carbocycles. The third kappa shape index (κ3) is 42100. The van der Waals surface area contributed by atoms with E-state index in [0.717, 1.165) is 0 Å². The van der Waals surface area contributed by atoms with Gasteiger partial charge in [0.15, 0.2) is 0 Å². The van der Waals surface area contributed by atoms with Crippen LogP contribution in [0, 0.1) is 0 Å². The molecule has 0 saturated carbocycles. The SMILES string of the molecule is O.O.O.O.O.O.O.O.O.O.O.O.O.O.O=S(=O)([O-])[O-].O=S(=O)([O-])[O-].[Mg+2].[Zn+2]. The number of hydrogen-bond acceptors (Lipinski definition) is 8. The maximum Gasteiger partial charge on any atom is 2.00 e. The molecule has 0 heterocycles. The van der Waals surface area contributed by atoms with E-state index in [1.807, 2.05) is 0 Å². The largest absolute Gasteiger partial charge is 2.00 e. The molecule has 0 aliphatic rings. The number of hydrogen-bond donors (Lipinski definition) is 0. The van der Waals surface area contributed by atoms with Gasteiger partial charge in [0, 0.05) is 20.8 Å². The third-order valence-corrected chi connectivity index (χ3v) is 0. The Morgan fingerprint density at radius 3 is 0.346 bits per heavy atom. The van der Waals surface area contributed by atoms with E-state index in [9.17, 15) is 0 Å². The fourth-order valence-corrected chi connectivity index (χ4v) is 0. The molecule has 0 amide bonds. The smallest absolute Gasteiger partial charge is 0.759 e. The molecule has 0 aromatic rings. The van der Waals surface area contributed by atoms with Crippen LogP contribution in [0.1, 0.15) is 0 Å². The zero-order valence-corrected chi connectivity index (χ0v) is 18.5. The third-order valence-electron chi connectivity index (χ3n) is 0. The Labute approximate surface area is 175 Å². The Bertz CT molecular complexity index is 219. The van der Waals surface area contributed by atoms with E-state index in [0.29, 0.717) is 0 Å². The summed E-state index contributed by atoms with van der Waals surface area (Å²) in [5, 5.41) is 0. The van der Waals surface area contributed by atoms with Crippen molar-refractivity contribution in [2.75, 3.05) is 0 Å². The Morgan fingerprint density at radius 2 is 0.346 bits per heavy atom. The van der Waals surface area contributed by atoms with E-state index >= 15 is 0 Å². The minimum Gasteiger partial charge on any atom is -0.759 e. The molecule has 0 aromatic heterocycles. The molecule has 176 valence electrons. The van der Waals surface area contributed by atoms with Crippen LogP contribution in [0.2, 0.25) is 0 Å². The van der Waals surface area contributed by atoms with Crippen LogP contribution in [0.5, 0.6) is 0 Å². The van der Waals surface area contributed by atoms with Gasteiger partial charge in [-0.15, -0.1) is 0 Å². The van der Waals surface area contributed by atoms with Crippen molar-refractivity contribution in [1.82, 2.24) is 0 Å². The van der Waals surface area contributed by atoms with Crippen LogP contribution in [-0.4, -0.2) is 135 Å². The molecule has 0 rings (SSSR count). The molecule has 0 unspecified atom stereocenters. The van der Waals surface area contributed by atoms with E-state index < -0.39 is 20.8 Å². The normalized spacial score (nSPS) is 4.46. The number of rotatable bonds is 0. The summed E-state index contributed by atoms with van der Waals surface area (Å²) in [7, 11) is -10.3. The molecule has 26 heteroatoms. The second kappa shape index (κ2) is 97.7. The summed E-state index contributed by atoms with van der Waals surface area (Å²) >= 11 is 0. The summed E-state index contributed by atoms with van der Waals surface area (Å²) in [6, 6.07) is 0. The molecular formula is H28MgO22S2Zn. The van der Waals surface area contributed by atoms with Crippen molar-refractivity contribution in [2.24, 2.45) is 0 Å². The molecular weight excluding hydrogens is 506 g/mol. The topological polar surface area (TPSA) is 602 Å². The summed E-state index contributed by atoms with van der Waals surface area (Å²) in [6.45, 7) is 0. The standard InChI is InChI=1S/Mg.2H2O4S.14H2O.Zn/c;2*1-5(2,3)4;;;;;;;;;;;;;;;/h;2*(H2,1,2,3,4);14*1H2;/q+2;;;;;;;;;;;;;;;;;+2/p-4. The van der Waals surface area contributed by atoms with Gasteiger partial charge in [-0.3, -0.25) is 16.8 Å². The summed E-state index contributed by atoms with van der Waals surface area (Å²) in [5.41, 5.74) is 0. The van der Waals surface area contributed by atoms with Crippen LogP contribution in [0.4, 0.5) is 0 Å². The van der Waals surface area contributed by atoms with E-state index in [-0.39, 0.29) is 119 Å². The summed E-state index contributed by atoms with van der Waals surface area (Å²) in [6.07, 6.45) is 0.